The molecule has 0 amide bonds. The molecule has 0 spiro atoms. The van der Waals surface area contributed by atoms with Gasteiger partial charge in [0.1, 0.15) is 6.61 Å². The normalized spacial score (nSPS) is 13.8. The number of carbonyl (C=O) groups excluding carboxylic acids is 2. The van der Waals surface area contributed by atoms with E-state index in [0.717, 1.165) is 83.5 Å². The monoisotopic (exact) mass is 743 g/mol. The van der Waals surface area contributed by atoms with Crippen LogP contribution < -0.4 is 0 Å². The maximum Gasteiger partial charge on any atom is 0.362 e. The third-order valence-electron chi connectivity index (χ3n) is 8.59. The highest BCUT2D eigenvalue weighted by molar-refractivity contribution is 5.72. The van der Waals surface area contributed by atoms with Gasteiger partial charge in [0.25, 0.3) is 0 Å². The molecule has 0 aromatic rings. The van der Waals surface area contributed by atoms with Gasteiger partial charge < -0.3 is 23.8 Å². The predicted octanol–water partition coefficient (Wildman–Crippen LogP) is 10.8. The number of hydrogen-bond acceptors (Lipinski definition) is 6. The number of carbonyl (C=O) groups is 3. The fraction of sp³-hybridized carbons (Fsp3) is 0.667. The van der Waals surface area contributed by atoms with Crippen molar-refractivity contribution in [3.8, 4) is 0 Å². The molecule has 8 nitrogen and oxygen atoms in total. The molecular formula is C45H76NO7+. The van der Waals surface area contributed by atoms with E-state index < -0.39 is 18.1 Å². The molecule has 0 aliphatic rings. The molecule has 0 aliphatic carbocycles. The van der Waals surface area contributed by atoms with E-state index in [4.69, 9.17) is 14.2 Å². The molecule has 2 unspecified atom stereocenters. The van der Waals surface area contributed by atoms with E-state index in [2.05, 4.69) is 86.8 Å². The molecule has 0 rings (SSSR count). The lowest BCUT2D eigenvalue weighted by atomic mass is 10.1. The van der Waals surface area contributed by atoms with Crippen LogP contribution in [0.4, 0.5) is 0 Å². The highest BCUT2D eigenvalue weighted by Gasteiger charge is 2.31. The van der Waals surface area contributed by atoms with Crippen LogP contribution in [0.15, 0.2) is 72.9 Å². The molecule has 8 heteroatoms. The van der Waals surface area contributed by atoms with Crippen molar-refractivity contribution < 1.29 is 38.2 Å². The Hall–Kier alpha value is -3.23. The first-order chi connectivity index (χ1) is 25.6. The van der Waals surface area contributed by atoms with Crippen molar-refractivity contribution in [1.29, 1.82) is 0 Å². The van der Waals surface area contributed by atoms with Crippen LogP contribution >= 0.6 is 0 Å². The molecule has 0 aromatic heterocycles. The smallest absolute Gasteiger partial charge is 0.362 e. The zero-order valence-electron chi connectivity index (χ0n) is 34.2. The number of quaternary nitrogens is 1. The van der Waals surface area contributed by atoms with Crippen LogP contribution in [0.2, 0.25) is 0 Å². The van der Waals surface area contributed by atoms with Gasteiger partial charge >= 0.3 is 17.9 Å². The average molecular weight is 743 g/mol. The minimum atomic E-state index is -0.888. The molecule has 0 radical (unpaired) electrons. The number of carboxylic acid groups (broad SMARTS) is 1. The van der Waals surface area contributed by atoms with Crippen molar-refractivity contribution in [2.24, 2.45) is 0 Å². The van der Waals surface area contributed by atoms with E-state index in [0.29, 0.717) is 19.3 Å². The number of nitrogens with zero attached hydrogens (tertiary/aromatic N) is 1. The zero-order chi connectivity index (χ0) is 39.3. The minimum Gasteiger partial charge on any atom is -0.477 e. The molecule has 302 valence electrons. The Bertz CT molecular complexity index is 1100. The Morgan fingerprint density at radius 1 is 0.585 bits per heavy atom. The quantitative estimate of drug-likeness (QED) is 0.0299. The van der Waals surface area contributed by atoms with Crippen molar-refractivity contribution in [2.75, 3.05) is 41.0 Å². The second kappa shape index (κ2) is 35.8. The summed E-state index contributed by atoms with van der Waals surface area (Å²) in [4.78, 5) is 36.9. The number of allylic oxidation sites excluding steroid dienone is 12. The van der Waals surface area contributed by atoms with Crippen LogP contribution in [0.1, 0.15) is 142 Å². The first kappa shape index (κ1) is 49.8. The first-order valence-electron chi connectivity index (χ1n) is 20.5. The van der Waals surface area contributed by atoms with Crippen molar-refractivity contribution >= 4 is 17.9 Å². The molecule has 0 saturated heterocycles. The SMILES string of the molecule is CC/C=C\C/C=C\C/C=C\C/C=C\CCCCC(=O)OC(COCCC(C(=O)O)[N+](C)(C)C)COC(=O)CCCCCCC/C=C\C/C=C\CCCC. The van der Waals surface area contributed by atoms with E-state index in [1.54, 1.807) is 0 Å². The number of rotatable bonds is 35. The molecular weight excluding hydrogens is 666 g/mol. The van der Waals surface area contributed by atoms with Gasteiger partial charge in [-0.05, 0) is 77.0 Å². The van der Waals surface area contributed by atoms with Crippen LogP contribution in [0.3, 0.4) is 0 Å². The highest BCUT2D eigenvalue weighted by Crippen LogP contribution is 2.12. The van der Waals surface area contributed by atoms with Crippen molar-refractivity contribution in [1.82, 2.24) is 0 Å². The number of ether oxygens (including phenoxy) is 3. The minimum absolute atomic E-state index is 0.0358. The number of carboxylic acids is 1. The molecule has 0 saturated carbocycles. The highest BCUT2D eigenvalue weighted by atomic mass is 16.6. The largest absolute Gasteiger partial charge is 0.477 e. The van der Waals surface area contributed by atoms with E-state index >= 15 is 0 Å². The number of hydrogen-bond donors (Lipinski definition) is 1. The van der Waals surface area contributed by atoms with Gasteiger partial charge in [-0.2, -0.15) is 0 Å². The van der Waals surface area contributed by atoms with Crippen molar-refractivity contribution in [2.45, 2.75) is 154 Å². The van der Waals surface area contributed by atoms with Gasteiger partial charge in [-0.1, -0.05) is 119 Å². The number of aliphatic carboxylic acids is 1. The van der Waals surface area contributed by atoms with E-state index in [-0.39, 0.29) is 42.7 Å². The zero-order valence-corrected chi connectivity index (χ0v) is 34.2. The first-order valence-corrected chi connectivity index (χ1v) is 20.5. The topological polar surface area (TPSA) is 99.1 Å². The summed E-state index contributed by atoms with van der Waals surface area (Å²) in [6, 6.07) is -0.627. The summed E-state index contributed by atoms with van der Waals surface area (Å²) in [6.07, 6.45) is 43.7. The predicted molar refractivity (Wildman–Crippen MR) is 220 cm³/mol. The standard InChI is InChI=1S/C45H75NO7/c1-6-8-10-12-14-16-18-20-22-24-26-28-30-32-34-36-44(48)53-41(39-51-38-37-42(45(49)50)46(3,4)5)40-52-43(47)35-33-31-29-27-25-23-21-19-17-15-13-11-9-7-2/h8,10,13-16,19-22,26,28,41-42H,6-7,9,11-12,17-18,23-25,27,29-40H2,1-5H3/p+1/b10-8-,15-13-,16-14-,21-19-,22-20-,28-26-. The maximum absolute atomic E-state index is 12.7. The van der Waals surface area contributed by atoms with Crippen LogP contribution in [-0.2, 0) is 28.6 Å². The summed E-state index contributed by atoms with van der Waals surface area (Å²) in [6.45, 7) is 4.49. The van der Waals surface area contributed by atoms with Crippen LogP contribution in [-0.4, -0.2) is 80.6 Å². The van der Waals surface area contributed by atoms with Crippen LogP contribution in [0, 0.1) is 0 Å². The van der Waals surface area contributed by atoms with E-state index in [9.17, 15) is 19.5 Å². The number of esters is 2. The van der Waals surface area contributed by atoms with Gasteiger partial charge in [-0.3, -0.25) is 9.59 Å². The number of unbranched alkanes of at least 4 members (excludes halogenated alkanes) is 9. The summed E-state index contributed by atoms with van der Waals surface area (Å²) in [5, 5.41) is 9.60. The lowest BCUT2D eigenvalue weighted by molar-refractivity contribution is -0.887. The lowest BCUT2D eigenvalue weighted by Crippen LogP contribution is -2.50. The summed E-state index contributed by atoms with van der Waals surface area (Å²) in [5.74, 6) is -1.55. The Morgan fingerprint density at radius 3 is 1.60 bits per heavy atom. The number of likely N-dealkylation sites (N-methyl/N-ethyl adjacent to an activating group) is 1. The third kappa shape index (κ3) is 34.3. The molecule has 1 N–H and O–H groups in total. The van der Waals surface area contributed by atoms with E-state index in [1.807, 2.05) is 21.1 Å². The fourth-order valence-electron chi connectivity index (χ4n) is 5.39. The second-order valence-corrected chi connectivity index (χ2v) is 14.5. The fourth-order valence-corrected chi connectivity index (χ4v) is 5.39. The molecule has 0 aliphatic heterocycles. The molecule has 0 fully saturated rings. The summed E-state index contributed by atoms with van der Waals surface area (Å²) < 4.78 is 17.2. The second-order valence-electron chi connectivity index (χ2n) is 14.5. The van der Waals surface area contributed by atoms with E-state index in [1.165, 1.54) is 19.3 Å². The molecule has 0 bridgehead atoms. The molecule has 0 heterocycles. The van der Waals surface area contributed by atoms with Crippen LogP contribution in [0.5, 0.6) is 0 Å². The maximum atomic E-state index is 12.7. The van der Waals surface area contributed by atoms with Gasteiger partial charge in [0.15, 0.2) is 12.1 Å². The van der Waals surface area contributed by atoms with Crippen molar-refractivity contribution in [3.05, 3.63) is 72.9 Å². The van der Waals surface area contributed by atoms with Crippen LogP contribution in [0.25, 0.3) is 0 Å². The summed E-state index contributed by atoms with van der Waals surface area (Å²) in [5.41, 5.74) is 0. The molecule has 53 heavy (non-hydrogen) atoms. The summed E-state index contributed by atoms with van der Waals surface area (Å²) in [7, 11) is 5.49. The Balaban J connectivity index is 4.50. The Labute approximate surface area is 323 Å². The van der Waals surface area contributed by atoms with Gasteiger partial charge in [0.2, 0.25) is 0 Å². The Kier molecular flexibility index (Phi) is 33.6. The molecule has 0 aromatic carbocycles. The Morgan fingerprint density at radius 2 is 1.06 bits per heavy atom. The lowest BCUT2D eigenvalue weighted by Gasteiger charge is -2.31. The summed E-state index contributed by atoms with van der Waals surface area (Å²) >= 11 is 0. The molecule has 2 atom stereocenters. The van der Waals surface area contributed by atoms with Gasteiger partial charge in [0.05, 0.1) is 34.4 Å². The average Bonchev–Trinajstić information content (AvgIpc) is 3.11. The van der Waals surface area contributed by atoms with Crippen molar-refractivity contribution in [3.63, 3.8) is 0 Å². The third-order valence-corrected chi connectivity index (χ3v) is 8.59. The van der Waals surface area contributed by atoms with Gasteiger partial charge in [-0.25, -0.2) is 4.79 Å². The van der Waals surface area contributed by atoms with Gasteiger partial charge in [0, 0.05) is 19.3 Å². The van der Waals surface area contributed by atoms with Gasteiger partial charge in [-0.15, -0.1) is 0 Å².